The van der Waals surface area contributed by atoms with Gasteiger partial charge >= 0.3 is 0 Å². The Morgan fingerprint density at radius 3 is 2.33 bits per heavy atom. The van der Waals surface area contributed by atoms with Gasteiger partial charge in [-0.2, -0.15) is 0 Å². The van der Waals surface area contributed by atoms with Crippen LogP contribution in [0.25, 0.3) is 0 Å². The second-order valence-corrected chi connectivity index (χ2v) is 6.07. The fraction of sp³-hybridized carbons (Fsp3) is 0.647. The zero-order chi connectivity index (χ0) is 15.2. The van der Waals surface area contributed by atoms with Crippen molar-refractivity contribution in [2.24, 2.45) is 5.92 Å². The highest BCUT2D eigenvalue weighted by molar-refractivity contribution is 5.31. The van der Waals surface area contributed by atoms with E-state index >= 15 is 0 Å². The predicted octanol–water partition coefficient (Wildman–Crippen LogP) is 4.42. The summed E-state index contributed by atoms with van der Waals surface area (Å²) in [4.78, 5) is 0. The molecule has 0 atom stereocenters. The average Bonchev–Trinajstić information content (AvgIpc) is 2.45. The molecule has 1 aliphatic carbocycles. The molecule has 0 aromatic heterocycles. The molecule has 2 rings (SSSR count). The van der Waals surface area contributed by atoms with E-state index < -0.39 is 11.6 Å². The molecule has 4 heteroatoms. The zero-order valence-electron chi connectivity index (χ0n) is 12.9. The lowest BCUT2D eigenvalue weighted by atomic mass is 9.89. The van der Waals surface area contributed by atoms with Crippen LogP contribution in [0.2, 0.25) is 0 Å². The van der Waals surface area contributed by atoms with Crippen molar-refractivity contribution in [3.05, 3.63) is 29.3 Å². The average molecular weight is 297 g/mol. The van der Waals surface area contributed by atoms with E-state index in [9.17, 15) is 8.78 Å². The van der Waals surface area contributed by atoms with Crippen LogP contribution >= 0.6 is 0 Å². The fourth-order valence-electron chi connectivity index (χ4n) is 2.75. The molecule has 0 unspecified atom stereocenters. The summed E-state index contributed by atoms with van der Waals surface area (Å²) in [5.74, 6) is -0.718. The maximum atomic E-state index is 14.1. The monoisotopic (exact) mass is 297 g/mol. The summed E-state index contributed by atoms with van der Waals surface area (Å²) in [7, 11) is 0. The van der Waals surface area contributed by atoms with Crippen LogP contribution in [-0.2, 0) is 6.54 Å². The van der Waals surface area contributed by atoms with Gasteiger partial charge in [0.15, 0.2) is 17.4 Å². The van der Waals surface area contributed by atoms with Crippen LogP contribution in [0, 0.1) is 17.6 Å². The highest BCUT2D eigenvalue weighted by Crippen LogP contribution is 2.30. The Bertz CT molecular complexity index is 433. The Labute approximate surface area is 125 Å². The van der Waals surface area contributed by atoms with Crippen LogP contribution in [0.5, 0.6) is 5.75 Å². The minimum absolute atomic E-state index is 0.0609. The molecule has 21 heavy (non-hydrogen) atoms. The molecule has 1 aliphatic rings. The Balaban J connectivity index is 1.99. The third kappa shape index (κ3) is 4.67. The molecule has 2 nitrogen and oxygen atoms in total. The van der Waals surface area contributed by atoms with Crippen molar-refractivity contribution >= 4 is 0 Å². The Morgan fingerprint density at radius 2 is 1.76 bits per heavy atom. The minimum atomic E-state index is -0.595. The van der Waals surface area contributed by atoms with Gasteiger partial charge in [0.05, 0.1) is 6.10 Å². The Morgan fingerprint density at radius 1 is 1.14 bits per heavy atom. The lowest BCUT2D eigenvalue weighted by Crippen LogP contribution is -2.24. The van der Waals surface area contributed by atoms with Crippen molar-refractivity contribution in [1.29, 1.82) is 0 Å². The summed E-state index contributed by atoms with van der Waals surface area (Å²) in [6.07, 6.45) is 4.81. The van der Waals surface area contributed by atoms with Gasteiger partial charge < -0.3 is 10.1 Å². The Kier molecular flexibility index (Phi) is 5.97. The lowest BCUT2D eigenvalue weighted by molar-refractivity contribution is 0.124. The van der Waals surface area contributed by atoms with Crippen molar-refractivity contribution in [3.63, 3.8) is 0 Å². The van der Waals surface area contributed by atoms with E-state index in [0.717, 1.165) is 38.6 Å². The van der Waals surface area contributed by atoms with E-state index in [-0.39, 0.29) is 11.9 Å². The van der Waals surface area contributed by atoms with Crippen molar-refractivity contribution in [3.8, 4) is 5.75 Å². The van der Waals surface area contributed by atoms with E-state index in [0.29, 0.717) is 18.0 Å². The maximum Gasteiger partial charge on any atom is 0.191 e. The molecule has 0 spiro atoms. The van der Waals surface area contributed by atoms with Crippen molar-refractivity contribution in [2.45, 2.75) is 58.6 Å². The van der Waals surface area contributed by atoms with Gasteiger partial charge in [-0.05, 0) is 62.3 Å². The Hall–Kier alpha value is -1.16. The molecule has 1 aromatic carbocycles. The molecule has 118 valence electrons. The fourth-order valence-corrected chi connectivity index (χ4v) is 2.75. The van der Waals surface area contributed by atoms with Gasteiger partial charge in [0.1, 0.15) is 0 Å². The van der Waals surface area contributed by atoms with Crippen molar-refractivity contribution in [1.82, 2.24) is 5.32 Å². The first-order valence-corrected chi connectivity index (χ1v) is 7.95. The van der Waals surface area contributed by atoms with E-state index in [1.54, 1.807) is 0 Å². The van der Waals surface area contributed by atoms with Crippen molar-refractivity contribution < 1.29 is 13.5 Å². The third-order valence-electron chi connectivity index (χ3n) is 4.06. The molecule has 1 aromatic rings. The largest absolute Gasteiger partial charge is 0.484 e. The smallest absolute Gasteiger partial charge is 0.191 e. The molecule has 0 aliphatic heterocycles. The summed E-state index contributed by atoms with van der Waals surface area (Å²) in [5, 5.41) is 3.14. The highest BCUT2D eigenvalue weighted by Gasteiger charge is 2.22. The molecule has 0 bridgehead atoms. The first kappa shape index (κ1) is 16.2. The van der Waals surface area contributed by atoms with Crippen LogP contribution in [-0.4, -0.2) is 12.6 Å². The first-order chi connectivity index (χ1) is 10.1. The van der Waals surface area contributed by atoms with Crippen LogP contribution in [0.15, 0.2) is 12.1 Å². The number of halogens is 2. The second kappa shape index (κ2) is 7.74. The molecule has 1 fully saturated rings. The summed E-state index contributed by atoms with van der Waals surface area (Å²) in [6.45, 7) is 5.57. The molecule has 0 radical (unpaired) electrons. The van der Waals surface area contributed by atoms with Crippen LogP contribution < -0.4 is 10.1 Å². The minimum Gasteiger partial charge on any atom is -0.484 e. The highest BCUT2D eigenvalue weighted by atomic mass is 19.1. The van der Waals surface area contributed by atoms with E-state index in [4.69, 9.17) is 4.74 Å². The molecule has 0 heterocycles. The molecular formula is C17H25F2NO. The molecule has 1 saturated carbocycles. The molecular weight excluding hydrogens is 272 g/mol. The second-order valence-electron chi connectivity index (χ2n) is 6.07. The van der Waals surface area contributed by atoms with E-state index in [1.165, 1.54) is 12.1 Å². The SMILES string of the molecule is CCCNCc1cc(F)c(OC2CCC(C)CC2)c(F)c1. The quantitative estimate of drug-likeness (QED) is 0.785. The van der Waals surface area contributed by atoms with Gasteiger partial charge in [-0.15, -0.1) is 0 Å². The first-order valence-electron chi connectivity index (χ1n) is 7.95. The normalized spacial score (nSPS) is 22.3. The van der Waals surface area contributed by atoms with Gasteiger partial charge in [-0.3, -0.25) is 0 Å². The standard InChI is InChI=1S/C17H25F2NO/c1-3-8-20-11-13-9-15(18)17(16(19)10-13)21-14-6-4-12(2)5-7-14/h9-10,12,14,20H,3-8,11H2,1-2H3. The molecule has 1 N–H and O–H groups in total. The number of nitrogens with one attached hydrogen (secondary N) is 1. The molecule has 0 saturated heterocycles. The van der Waals surface area contributed by atoms with Crippen LogP contribution in [0.4, 0.5) is 8.78 Å². The lowest BCUT2D eigenvalue weighted by Gasteiger charge is -2.27. The summed E-state index contributed by atoms with van der Waals surface area (Å²) in [6, 6.07) is 2.74. The maximum absolute atomic E-state index is 14.1. The predicted molar refractivity (Wildman–Crippen MR) is 80.4 cm³/mol. The van der Waals surface area contributed by atoms with Crippen molar-refractivity contribution in [2.75, 3.05) is 6.54 Å². The number of benzene rings is 1. The number of ether oxygens (including phenoxy) is 1. The van der Waals surface area contributed by atoms with Gasteiger partial charge in [0.25, 0.3) is 0 Å². The summed E-state index contributed by atoms with van der Waals surface area (Å²) in [5.41, 5.74) is 0.614. The zero-order valence-corrected chi connectivity index (χ0v) is 12.9. The number of hydrogen-bond acceptors (Lipinski definition) is 2. The summed E-state index contributed by atoms with van der Waals surface area (Å²) < 4.78 is 33.7. The van der Waals surface area contributed by atoms with E-state index in [1.807, 2.05) is 0 Å². The van der Waals surface area contributed by atoms with Crippen LogP contribution in [0.3, 0.4) is 0 Å². The number of rotatable bonds is 6. The third-order valence-corrected chi connectivity index (χ3v) is 4.06. The van der Waals surface area contributed by atoms with E-state index in [2.05, 4.69) is 19.2 Å². The van der Waals surface area contributed by atoms with Crippen LogP contribution in [0.1, 0.15) is 51.5 Å². The summed E-state index contributed by atoms with van der Waals surface area (Å²) >= 11 is 0. The van der Waals surface area contributed by atoms with Gasteiger partial charge in [0.2, 0.25) is 0 Å². The van der Waals surface area contributed by atoms with Gasteiger partial charge in [-0.25, -0.2) is 8.78 Å². The topological polar surface area (TPSA) is 21.3 Å². The number of hydrogen-bond donors (Lipinski definition) is 1. The van der Waals surface area contributed by atoms with Gasteiger partial charge in [-0.1, -0.05) is 13.8 Å². The van der Waals surface area contributed by atoms with Gasteiger partial charge in [0, 0.05) is 6.54 Å². The molecule has 0 amide bonds.